The number of amides is 2. The summed E-state index contributed by atoms with van der Waals surface area (Å²) in [5, 5.41) is 12.7. The van der Waals surface area contributed by atoms with Crippen molar-refractivity contribution in [3.8, 4) is 0 Å². The first-order chi connectivity index (χ1) is 18.4. The van der Waals surface area contributed by atoms with Gasteiger partial charge in [-0.25, -0.2) is 4.79 Å². The molecule has 2 amide bonds. The Kier molecular flexibility index (Phi) is 9.25. The number of halogens is 2. The lowest BCUT2D eigenvalue weighted by Gasteiger charge is -2.49. The summed E-state index contributed by atoms with van der Waals surface area (Å²) in [6.45, 7) is 1.62. The second kappa shape index (κ2) is 12.1. The minimum atomic E-state index is -1.79. The number of hydrogen-bond acceptors (Lipinski definition) is 11. The largest absolute Gasteiger partial charge is 0.606 e. The highest BCUT2D eigenvalue weighted by Crippen LogP contribution is 2.44. The molecule has 1 aromatic carbocycles. The fourth-order valence-electron chi connectivity index (χ4n) is 3.64. The van der Waals surface area contributed by atoms with Crippen LogP contribution in [0.1, 0.15) is 5.56 Å². The van der Waals surface area contributed by atoms with Crippen LogP contribution in [0.2, 0.25) is 10.0 Å². The molecule has 0 radical (unpaired) electrons. The number of rotatable bonds is 9. The quantitative estimate of drug-likeness (QED) is 0.0647. The van der Waals surface area contributed by atoms with Crippen molar-refractivity contribution in [2.75, 3.05) is 33.9 Å². The number of β-lactam (4-membered cyclic amide) rings is 1. The Morgan fingerprint density at radius 1 is 1.36 bits per heavy atom. The van der Waals surface area contributed by atoms with Crippen LogP contribution in [0.3, 0.4) is 0 Å². The van der Waals surface area contributed by atoms with Gasteiger partial charge in [0.05, 0.1) is 27.5 Å². The van der Waals surface area contributed by atoms with E-state index in [2.05, 4.69) is 10.3 Å². The highest BCUT2D eigenvalue weighted by atomic mass is 35.5. The number of aromatic nitrogens is 2. The van der Waals surface area contributed by atoms with Crippen LogP contribution in [0.25, 0.3) is 0 Å². The number of carbonyl (C=O) groups excluding carboxylic acids is 2. The number of carboxylic acid groups (broad SMARTS) is 1. The molecule has 18 heteroatoms. The highest BCUT2D eigenvalue weighted by molar-refractivity contribution is 8.15. The first-order valence-corrected chi connectivity index (χ1v) is 16.0. The molecule has 1 saturated heterocycles. The molecule has 1 aromatic heterocycles. The molecular formula is C21H22Cl2N7O5S4+. The van der Waals surface area contributed by atoms with Gasteiger partial charge in [0.15, 0.2) is 5.08 Å². The summed E-state index contributed by atoms with van der Waals surface area (Å²) < 4.78 is 13.9. The predicted molar refractivity (Wildman–Crippen MR) is 154 cm³/mol. The topological polar surface area (TPSA) is 205 Å². The number of nitrogens with one attached hydrogen (secondary N) is 1. The maximum atomic E-state index is 12.9. The zero-order valence-electron chi connectivity index (χ0n) is 20.1. The molecule has 8 N–H and O–H groups in total. The number of benzene rings is 1. The van der Waals surface area contributed by atoms with Gasteiger partial charge >= 0.3 is 11.1 Å². The van der Waals surface area contributed by atoms with Crippen molar-refractivity contribution in [2.24, 2.45) is 0 Å². The van der Waals surface area contributed by atoms with Gasteiger partial charge in [0.1, 0.15) is 17.1 Å². The molecule has 0 spiro atoms. The number of thioether (sulfide) groups is 3. The van der Waals surface area contributed by atoms with E-state index in [4.69, 9.17) is 40.5 Å². The average molecular weight is 652 g/mol. The number of nitrogens with zero attached hydrogens (tertiary/aromatic N) is 3. The molecule has 3 atom stereocenters. The fourth-order valence-corrected chi connectivity index (χ4v) is 8.94. The van der Waals surface area contributed by atoms with Crippen molar-refractivity contribution in [2.45, 2.75) is 28.4 Å². The van der Waals surface area contributed by atoms with Crippen molar-refractivity contribution in [3.63, 3.8) is 0 Å². The standard InChI is InChI=1S/C21H21Cl2N7O5S4/c1-8-16(24)28-21(30(26)17(8)25)39(35)7-38-12-5-37-19-14(18(32)29(19)15(12)20(33)34)27-13(31)6-36-11-4-9(22)2-3-10(11)23/h2-4,14,19H,5-7,26H2,1H3,(H5,24,25,27,31,33,34)/p+1/t14-,19-,39?/m1/s1. The van der Waals surface area contributed by atoms with Crippen molar-refractivity contribution < 1.29 is 28.7 Å². The molecule has 12 nitrogen and oxygen atoms in total. The van der Waals surface area contributed by atoms with Crippen LogP contribution in [0, 0.1) is 6.92 Å². The van der Waals surface area contributed by atoms with Gasteiger partial charge < -0.3 is 26.4 Å². The molecule has 2 aliphatic heterocycles. The second-order valence-corrected chi connectivity index (χ2v) is 13.9. The van der Waals surface area contributed by atoms with E-state index in [0.29, 0.717) is 25.4 Å². The first-order valence-electron chi connectivity index (χ1n) is 10.9. The molecule has 2 aliphatic rings. The van der Waals surface area contributed by atoms with E-state index >= 15 is 0 Å². The second-order valence-electron chi connectivity index (χ2n) is 8.16. The van der Waals surface area contributed by atoms with Gasteiger partial charge in [0.25, 0.3) is 11.7 Å². The smallest absolute Gasteiger partial charge is 0.473 e. The SMILES string of the molecule is Cc1c(N)nc([S+]([O-])CSC2=C(C(=O)O)N3C(=O)[C@@H](NC(=O)CSc4cc(Cl)ccc4Cl)[C@H]3SC2)[n+](N)c1N. The highest BCUT2D eigenvalue weighted by Gasteiger charge is 2.54. The summed E-state index contributed by atoms with van der Waals surface area (Å²) in [7, 11) is 0. The lowest BCUT2D eigenvalue weighted by Crippen LogP contribution is -2.70. The monoisotopic (exact) mass is 650 g/mol. The van der Waals surface area contributed by atoms with Gasteiger partial charge in [-0.05, 0) is 30.1 Å². The lowest BCUT2D eigenvalue weighted by atomic mass is 10.1. The van der Waals surface area contributed by atoms with Gasteiger partial charge in [0.2, 0.25) is 11.7 Å². The molecule has 0 aliphatic carbocycles. The Hall–Kier alpha value is -2.21. The molecule has 1 unspecified atom stereocenters. The Bertz CT molecular complexity index is 1400. The molecular weight excluding hydrogens is 629 g/mol. The van der Waals surface area contributed by atoms with Gasteiger partial charge in [-0.2, -0.15) is 0 Å². The lowest BCUT2D eigenvalue weighted by molar-refractivity contribution is -0.668. The van der Waals surface area contributed by atoms with E-state index in [1.165, 1.54) is 23.5 Å². The van der Waals surface area contributed by atoms with Gasteiger partial charge in [-0.15, -0.1) is 23.5 Å². The number of anilines is 2. The summed E-state index contributed by atoms with van der Waals surface area (Å²) in [5.74, 6) is 4.01. The van der Waals surface area contributed by atoms with Gasteiger partial charge in [0, 0.05) is 20.6 Å². The van der Waals surface area contributed by atoms with Crippen LogP contribution in [0.15, 0.2) is 38.9 Å². The first kappa shape index (κ1) is 29.8. The van der Waals surface area contributed by atoms with E-state index in [-0.39, 0.29) is 39.1 Å². The van der Waals surface area contributed by atoms with Crippen molar-refractivity contribution in [3.05, 3.63) is 44.4 Å². The van der Waals surface area contributed by atoms with Crippen molar-refractivity contribution >= 4 is 99.1 Å². The minimum Gasteiger partial charge on any atom is -0.606 e. The Balaban J connectivity index is 1.41. The predicted octanol–water partition coefficient (Wildman–Crippen LogP) is 1.15. The molecule has 0 saturated carbocycles. The number of hydrogen-bond donors (Lipinski definition) is 5. The van der Waals surface area contributed by atoms with E-state index in [9.17, 15) is 24.0 Å². The molecule has 208 valence electrons. The summed E-state index contributed by atoms with van der Waals surface area (Å²) in [5.41, 5.74) is 11.9. The van der Waals surface area contributed by atoms with E-state index in [1.54, 1.807) is 25.1 Å². The maximum absolute atomic E-state index is 12.9. The molecule has 2 aromatic rings. The van der Waals surface area contributed by atoms with Crippen LogP contribution >= 0.6 is 58.5 Å². The van der Waals surface area contributed by atoms with E-state index < -0.39 is 40.4 Å². The van der Waals surface area contributed by atoms with Crippen LogP contribution in [-0.2, 0) is 25.6 Å². The van der Waals surface area contributed by atoms with E-state index in [0.717, 1.165) is 21.3 Å². The number of aliphatic carboxylic acids is 1. The third-order valence-electron chi connectivity index (χ3n) is 5.70. The zero-order valence-corrected chi connectivity index (χ0v) is 24.8. The summed E-state index contributed by atoms with van der Waals surface area (Å²) in [6, 6.07) is 4.01. The van der Waals surface area contributed by atoms with Crippen LogP contribution < -0.4 is 27.3 Å². The number of nitrogen functional groups attached to an aromatic ring is 3. The molecule has 0 bridgehead atoms. The number of fused-ring (bicyclic) bond motifs is 1. The van der Waals surface area contributed by atoms with E-state index in [1.807, 2.05) is 0 Å². The Morgan fingerprint density at radius 3 is 2.77 bits per heavy atom. The van der Waals surface area contributed by atoms with Crippen molar-refractivity contribution in [1.29, 1.82) is 0 Å². The molecule has 39 heavy (non-hydrogen) atoms. The number of carboxylic acids is 1. The van der Waals surface area contributed by atoms with Gasteiger partial charge in [-0.3, -0.25) is 20.3 Å². The molecule has 4 rings (SSSR count). The van der Waals surface area contributed by atoms with Crippen LogP contribution in [0.4, 0.5) is 11.6 Å². The zero-order chi connectivity index (χ0) is 28.6. The average Bonchev–Trinajstić information content (AvgIpc) is 2.90. The summed E-state index contributed by atoms with van der Waals surface area (Å²) in [6.07, 6.45) is 0. The summed E-state index contributed by atoms with van der Waals surface area (Å²) >= 11 is 13.8. The summed E-state index contributed by atoms with van der Waals surface area (Å²) in [4.78, 5) is 43.7. The Morgan fingerprint density at radius 2 is 2.08 bits per heavy atom. The third kappa shape index (κ3) is 6.11. The third-order valence-corrected chi connectivity index (χ3v) is 11.6. The van der Waals surface area contributed by atoms with Crippen molar-refractivity contribution in [1.82, 2.24) is 15.2 Å². The maximum Gasteiger partial charge on any atom is 0.473 e. The minimum absolute atomic E-state index is 0.0149. The Labute approximate surface area is 248 Å². The molecule has 1 fully saturated rings. The van der Waals surface area contributed by atoms with Crippen LogP contribution in [0.5, 0.6) is 0 Å². The fraction of sp³-hybridized carbons (Fsp3) is 0.286. The van der Waals surface area contributed by atoms with Gasteiger partial charge in [-0.1, -0.05) is 39.6 Å². The number of nitrogens with two attached hydrogens (primary N) is 3. The normalized spacial score (nSPS) is 19.4. The number of carbonyl (C=O) groups is 3. The molecule has 3 heterocycles. The van der Waals surface area contributed by atoms with Crippen LogP contribution in [-0.4, -0.2) is 65.3 Å².